The van der Waals surface area contributed by atoms with Crippen molar-refractivity contribution >= 4 is 17.5 Å². The highest BCUT2D eigenvalue weighted by molar-refractivity contribution is 6.21. The maximum absolute atomic E-state index is 14.1. The summed E-state index contributed by atoms with van der Waals surface area (Å²) in [5.41, 5.74) is 2.67. The van der Waals surface area contributed by atoms with Crippen molar-refractivity contribution in [1.82, 2.24) is 0 Å². The molecule has 2 aliphatic heterocycles. The number of amides is 2. The van der Waals surface area contributed by atoms with E-state index in [0.29, 0.717) is 0 Å². The number of halogens is 1. The normalized spacial score (nSPS) is 25.4. The van der Waals surface area contributed by atoms with Crippen molar-refractivity contribution in [2.45, 2.75) is 25.9 Å². The van der Waals surface area contributed by atoms with Gasteiger partial charge in [0.05, 0.1) is 12.1 Å². The number of carbonyl (C=O) groups excluding carboxylic acids is 2. The van der Waals surface area contributed by atoms with Crippen LogP contribution in [0.1, 0.15) is 17.5 Å². The molecule has 2 fully saturated rings. The number of hydrogen-bond acceptors (Lipinski definition) is 2. The van der Waals surface area contributed by atoms with E-state index in [1.165, 1.54) is 28.2 Å². The van der Waals surface area contributed by atoms with Crippen LogP contribution in [0.5, 0.6) is 0 Å². The molecule has 0 bridgehead atoms. The van der Waals surface area contributed by atoms with Crippen molar-refractivity contribution in [2.75, 3.05) is 31.1 Å². The van der Waals surface area contributed by atoms with Crippen LogP contribution in [0.15, 0.2) is 48.5 Å². The fourth-order valence-corrected chi connectivity index (χ4v) is 4.40. The standard InChI is InChI=1S/C22H24FN3O2/c1-16-5-4-6-17(13-16)15-24-9-11-25(12-10-24)20-14-21(27)26(22(20)28)19-8-3-2-7-18(19)23/h2-8,13,20H,9-12,14-15H2,1H3/p+2/t20-/m0/s1. The van der Waals surface area contributed by atoms with Gasteiger partial charge in [-0.25, -0.2) is 9.29 Å². The average Bonchev–Trinajstić information content (AvgIpc) is 2.97. The Hall–Kier alpha value is -2.57. The second kappa shape index (κ2) is 7.81. The van der Waals surface area contributed by atoms with E-state index in [-0.39, 0.29) is 23.9 Å². The molecule has 2 aromatic carbocycles. The number of benzene rings is 2. The molecule has 2 aromatic rings. The van der Waals surface area contributed by atoms with Gasteiger partial charge in [0.15, 0.2) is 6.04 Å². The summed E-state index contributed by atoms with van der Waals surface area (Å²) in [5, 5.41) is 0. The molecule has 28 heavy (non-hydrogen) atoms. The number of piperazine rings is 1. The van der Waals surface area contributed by atoms with Crippen LogP contribution in [0.4, 0.5) is 10.1 Å². The summed E-state index contributed by atoms with van der Waals surface area (Å²) < 4.78 is 14.1. The minimum Gasteiger partial charge on any atom is -0.322 e. The van der Waals surface area contributed by atoms with Crippen molar-refractivity contribution in [2.24, 2.45) is 0 Å². The third-order valence-corrected chi connectivity index (χ3v) is 5.87. The van der Waals surface area contributed by atoms with Gasteiger partial charge >= 0.3 is 0 Å². The second-order valence-corrected chi connectivity index (χ2v) is 7.85. The van der Waals surface area contributed by atoms with Crippen molar-refractivity contribution in [3.05, 3.63) is 65.5 Å². The number of carbonyl (C=O) groups is 2. The molecule has 2 saturated heterocycles. The van der Waals surface area contributed by atoms with Crippen molar-refractivity contribution in [1.29, 1.82) is 0 Å². The van der Waals surface area contributed by atoms with Gasteiger partial charge in [-0.15, -0.1) is 0 Å². The zero-order chi connectivity index (χ0) is 19.7. The minimum absolute atomic E-state index is 0.0723. The van der Waals surface area contributed by atoms with Gasteiger partial charge in [-0.3, -0.25) is 9.59 Å². The Morgan fingerprint density at radius 3 is 2.50 bits per heavy atom. The first kappa shape index (κ1) is 18.8. The SMILES string of the molecule is Cc1cccc(C[NH+]2CC[NH+]([C@H]3CC(=O)N(c4ccccc4F)C3=O)CC2)c1. The molecule has 2 aliphatic rings. The predicted molar refractivity (Wildman–Crippen MR) is 104 cm³/mol. The predicted octanol–water partition coefficient (Wildman–Crippen LogP) is -0.250. The maximum atomic E-state index is 14.1. The number of rotatable bonds is 4. The summed E-state index contributed by atoms with van der Waals surface area (Å²) in [5.74, 6) is -1.11. The van der Waals surface area contributed by atoms with E-state index >= 15 is 0 Å². The molecular formula is C22H26FN3O2+2. The molecule has 1 atom stereocenters. The maximum Gasteiger partial charge on any atom is 0.292 e. The van der Waals surface area contributed by atoms with Crippen LogP contribution < -0.4 is 14.7 Å². The molecule has 5 nitrogen and oxygen atoms in total. The van der Waals surface area contributed by atoms with Gasteiger partial charge in [0, 0.05) is 5.56 Å². The van der Waals surface area contributed by atoms with Crippen LogP contribution in [0.2, 0.25) is 0 Å². The Kier molecular flexibility index (Phi) is 5.24. The second-order valence-electron chi connectivity index (χ2n) is 7.85. The van der Waals surface area contributed by atoms with E-state index in [2.05, 4.69) is 31.2 Å². The van der Waals surface area contributed by atoms with E-state index in [1.807, 2.05) is 0 Å². The first-order valence-electron chi connectivity index (χ1n) is 9.88. The molecule has 2 amide bonds. The Balaban J connectivity index is 1.39. The fourth-order valence-electron chi connectivity index (χ4n) is 4.40. The topological polar surface area (TPSA) is 46.3 Å². The quantitative estimate of drug-likeness (QED) is 0.716. The zero-order valence-electron chi connectivity index (χ0n) is 16.1. The van der Waals surface area contributed by atoms with Crippen LogP contribution in [0.3, 0.4) is 0 Å². The summed E-state index contributed by atoms with van der Waals surface area (Å²) in [6.45, 7) is 6.69. The number of nitrogens with one attached hydrogen (secondary N) is 2. The summed E-state index contributed by atoms with van der Waals surface area (Å²) >= 11 is 0. The Morgan fingerprint density at radius 1 is 1.04 bits per heavy atom. The van der Waals surface area contributed by atoms with Gasteiger partial charge in [-0.05, 0) is 19.1 Å². The van der Waals surface area contributed by atoms with Crippen LogP contribution >= 0.6 is 0 Å². The number of hydrogen-bond donors (Lipinski definition) is 2. The minimum atomic E-state index is -0.535. The number of nitrogens with zero attached hydrogens (tertiary/aromatic N) is 1. The van der Waals surface area contributed by atoms with E-state index < -0.39 is 11.9 Å². The highest BCUT2D eigenvalue weighted by Crippen LogP contribution is 2.24. The Morgan fingerprint density at radius 2 is 1.79 bits per heavy atom. The summed E-state index contributed by atoms with van der Waals surface area (Å²) in [4.78, 5) is 29.0. The molecule has 146 valence electrons. The van der Waals surface area contributed by atoms with E-state index in [9.17, 15) is 14.0 Å². The molecule has 0 aliphatic carbocycles. The zero-order valence-corrected chi connectivity index (χ0v) is 16.1. The van der Waals surface area contributed by atoms with Crippen LogP contribution in [-0.4, -0.2) is 44.0 Å². The van der Waals surface area contributed by atoms with Gasteiger partial charge < -0.3 is 9.80 Å². The average molecular weight is 383 g/mol. The molecule has 2 heterocycles. The van der Waals surface area contributed by atoms with Gasteiger partial charge in [-0.2, -0.15) is 0 Å². The lowest BCUT2D eigenvalue weighted by Gasteiger charge is -2.32. The molecule has 0 unspecified atom stereocenters. The summed E-state index contributed by atoms with van der Waals surface area (Å²) in [6, 6.07) is 14.2. The van der Waals surface area contributed by atoms with Crippen LogP contribution in [0.25, 0.3) is 0 Å². The molecular weight excluding hydrogens is 357 g/mol. The first-order chi connectivity index (χ1) is 13.5. The van der Waals surface area contributed by atoms with E-state index in [0.717, 1.165) is 42.5 Å². The lowest BCUT2D eigenvalue weighted by molar-refractivity contribution is -1.02. The number of aryl methyl sites for hydroxylation is 1. The highest BCUT2D eigenvalue weighted by atomic mass is 19.1. The molecule has 0 spiro atoms. The van der Waals surface area contributed by atoms with E-state index in [4.69, 9.17) is 0 Å². The smallest absolute Gasteiger partial charge is 0.292 e. The van der Waals surface area contributed by atoms with Gasteiger partial charge in [-0.1, -0.05) is 42.0 Å². The molecule has 4 rings (SSSR count). The number of para-hydroxylation sites is 1. The number of quaternary nitrogens is 2. The van der Waals surface area contributed by atoms with E-state index in [1.54, 1.807) is 12.1 Å². The first-order valence-corrected chi connectivity index (χ1v) is 9.88. The van der Waals surface area contributed by atoms with Gasteiger partial charge in [0.25, 0.3) is 5.91 Å². The van der Waals surface area contributed by atoms with Gasteiger partial charge in [0.1, 0.15) is 38.5 Å². The Labute approximate surface area is 164 Å². The van der Waals surface area contributed by atoms with Crippen molar-refractivity contribution in [3.8, 4) is 0 Å². The Bertz CT molecular complexity index is 893. The largest absolute Gasteiger partial charge is 0.322 e. The molecule has 2 N–H and O–H groups in total. The van der Waals surface area contributed by atoms with Crippen LogP contribution in [0, 0.1) is 12.7 Å². The lowest BCUT2D eigenvalue weighted by Crippen LogP contribution is -3.29. The molecule has 0 aromatic heterocycles. The summed E-state index contributed by atoms with van der Waals surface area (Å²) in [7, 11) is 0. The van der Waals surface area contributed by atoms with Crippen molar-refractivity contribution < 1.29 is 23.8 Å². The third-order valence-electron chi connectivity index (χ3n) is 5.87. The monoisotopic (exact) mass is 383 g/mol. The molecule has 6 heteroatoms. The van der Waals surface area contributed by atoms with Gasteiger partial charge in [0.2, 0.25) is 5.91 Å². The van der Waals surface area contributed by atoms with Crippen molar-refractivity contribution in [3.63, 3.8) is 0 Å². The fraction of sp³-hybridized carbons (Fsp3) is 0.364. The number of anilines is 1. The lowest BCUT2D eigenvalue weighted by atomic mass is 10.1. The van der Waals surface area contributed by atoms with Crippen LogP contribution in [-0.2, 0) is 16.1 Å². The third kappa shape index (κ3) is 3.70. The molecule has 0 radical (unpaired) electrons. The summed E-state index contributed by atoms with van der Waals surface area (Å²) in [6.07, 6.45) is 0.162. The number of imide groups is 1. The molecule has 0 saturated carbocycles. The highest BCUT2D eigenvalue weighted by Gasteiger charge is 2.47.